The van der Waals surface area contributed by atoms with Crippen molar-refractivity contribution in [3.63, 3.8) is 0 Å². The maximum absolute atomic E-state index is 14.4. The predicted octanol–water partition coefficient (Wildman–Crippen LogP) is 2.65. The Balaban J connectivity index is 2.04. The Hall–Kier alpha value is -2.77. The van der Waals surface area contributed by atoms with Crippen molar-refractivity contribution in [2.24, 2.45) is 0 Å². The van der Waals surface area contributed by atoms with Gasteiger partial charge in [-0.3, -0.25) is 4.79 Å². The van der Waals surface area contributed by atoms with E-state index in [1.807, 2.05) is 0 Å². The van der Waals surface area contributed by atoms with Gasteiger partial charge in [0.05, 0.1) is 12.8 Å². The van der Waals surface area contributed by atoms with Crippen molar-refractivity contribution < 1.29 is 18.7 Å². The second-order valence-corrected chi connectivity index (χ2v) is 6.35. The van der Waals surface area contributed by atoms with E-state index in [1.54, 1.807) is 4.90 Å². The molecule has 1 saturated heterocycles. The van der Waals surface area contributed by atoms with Crippen LogP contribution in [0.5, 0.6) is 0 Å². The minimum Gasteiger partial charge on any atom is -0.466 e. The first-order valence-corrected chi connectivity index (χ1v) is 8.98. The Labute approximate surface area is 167 Å². The third kappa shape index (κ3) is 6.14. The van der Waals surface area contributed by atoms with Crippen molar-refractivity contribution in [3.8, 4) is 0 Å². The van der Waals surface area contributed by atoms with Crippen molar-refractivity contribution in [1.29, 1.82) is 5.41 Å². The predicted molar refractivity (Wildman–Crippen MR) is 106 cm³/mol. The Bertz CT molecular complexity index is 843. The van der Waals surface area contributed by atoms with Gasteiger partial charge in [-0.1, -0.05) is 17.7 Å². The number of hydrogen-bond donors (Lipinski definition) is 2. The molecule has 1 amide bonds. The molecule has 148 valence electrons. The number of carbonyl (C=O) groups is 2. The summed E-state index contributed by atoms with van der Waals surface area (Å²) in [6.45, 7) is 2.59. The molecule has 1 aliphatic rings. The largest absolute Gasteiger partial charge is 0.466 e. The van der Waals surface area contributed by atoms with Crippen LogP contribution in [0.1, 0.15) is 15.9 Å². The highest BCUT2D eigenvalue weighted by Gasteiger charge is 2.19. The highest BCUT2D eigenvalue weighted by atomic mass is 35.5. The number of allylic oxidation sites excluding steroid dienone is 5. The minimum absolute atomic E-state index is 0.0720. The van der Waals surface area contributed by atoms with E-state index in [-0.39, 0.29) is 27.8 Å². The SMILES string of the molecule is COC(=O)/C=C/C(Cl)=C/C=C\C(=N)c1ccc(C(=O)N2CCNCC2)cc1F. The number of esters is 1. The van der Waals surface area contributed by atoms with Gasteiger partial charge in [0.2, 0.25) is 0 Å². The second kappa shape index (κ2) is 10.5. The lowest BCUT2D eigenvalue weighted by Gasteiger charge is -2.27. The van der Waals surface area contributed by atoms with Crippen LogP contribution in [0, 0.1) is 11.2 Å². The fraction of sp³-hybridized carbons (Fsp3) is 0.250. The number of ether oxygens (including phenoxy) is 1. The molecule has 28 heavy (non-hydrogen) atoms. The zero-order valence-corrected chi connectivity index (χ0v) is 16.1. The van der Waals surface area contributed by atoms with E-state index in [1.165, 1.54) is 43.5 Å². The van der Waals surface area contributed by atoms with E-state index in [0.717, 1.165) is 12.1 Å². The maximum atomic E-state index is 14.4. The molecule has 0 aromatic heterocycles. The van der Waals surface area contributed by atoms with Crippen LogP contribution < -0.4 is 5.32 Å². The fourth-order valence-corrected chi connectivity index (χ4v) is 2.65. The number of hydrogen-bond acceptors (Lipinski definition) is 5. The van der Waals surface area contributed by atoms with Crippen molar-refractivity contribution in [2.75, 3.05) is 33.3 Å². The summed E-state index contributed by atoms with van der Waals surface area (Å²) in [4.78, 5) is 25.1. The first-order chi connectivity index (χ1) is 13.4. The zero-order chi connectivity index (χ0) is 20.5. The molecule has 0 bridgehead atoms. The molecule has 0 unspecified atom stereocenters. The van der Waals surface area contributed by atoms with E-state index in [4.69, 9.17) is 17.0 Å². The summed E-state index contributed by atoms with van der Waals surface area (Å²) in [6, 6.07) is 4.09. The Morgan fingerprint density at radius 1 is 1.25 bits per heavy atom. The molecule has 1 aromatic rings. The van der Waals surface area contributed by atoms with E-state index in [0.29, 0.717) is 26.2 Å². The average molecular weight is 406 g/mol. The van der Waals surface area contributed by atoms with Crippen LogP contribution in [-0.2, 0) is 9.53 Å². The van der Waals surface area contributed by atoms with Crippen LogP contribution in [-0.4, -0.2) is 55.8 Å². The normalized spacial score (nSPS) is 15.2. The molecule has 2 rings (SSSR count). The van der Waals surface area contributed by atoms with Crippen LogP contribution in [0.25, 0.3) is 0 Å². The van der Waals surface area contributed by atoms with Gasteiger partial charge in [0, 0.05) is 48.4 Å². The Kier molecular flexibility index (Phi) is 8.10. The lowest BCUT2D eigenvalue weighted by molar-refractivity contribution is -0.134. The van der Waals surface area contributed by atoms with Crippen LogP contribution in [0.3, 0.4) is 0 Å². The van der Waals surface area contributed by atoms with E-state index in [2.05, 4.69) is 10.1 Å². The highest BCUT2D eigenvalue weighted by molar-refractivity contribution is 6.31. The number of carbonyl (C=O) groups excluding carboxylic acids is 2. The molecule has 0 saturated carbocycles. The number of methoxy groups -OCH3 is 1. The highest BCUT2D eigenvalue weighted by Crippen LogP contribution is 2.14. The van der Waals surface area contributed by atoms with Gasteiger partial charge in [0.25, 0.3) is 5.91 Å². The van der Waals surface area contributed by atoms with Crippen molar-refractivity contribution in [3.05, 3.63) is 70.6 Å². The van der Waals surface area contributed by atoms with Crippen molar-refractivity contribution >= 4 is 29.2 Å². The van der Waals surface area contributed by atoms with Crippen LogP contribution in [0.2, 0.25) is 0 Å². The molecule has 0 spiro atoms. The zero-order valence-electron chi connectivity index (χ0n) is 15.4. The molecule has 0 radical (unpaired) electrons. The smallest absolute Gasteiger partial charge is 0.330 e. The average Bonchev–Trinajstić information content (AvgIpc) is 2.71. The van der Waals surface area contributed by atoms with E-state index >= 15 is 0 Å². The van der Waals surface area contributed by atoms with Gasteiger partial charge >= 0.3 is 5.97 Å². The van der Waals surface area contributed by atoms with Gasteiger partial charge in [-0.15, -0.1) is 0 Å². The third-order valence-electron chi connectivity index (χ3n) is 4.01. The standard InChI is InChI=1S/C20H21ClFN3O3/c1-28-19(26)8-6-15(21)3-2-4-18(23)16-7-5-14(13-17(16)22)20(27)25-11-9-24-10-12-25/h2-8,13,23-24H,9-12H2,1H3/b4-2-,8-6+,15-3-,23-18?. The monoisotopic (exact) mass is 405 g/mol. The molecule has 1 aliphatic heterocycles. The Morgan fingerprint density at radius 2 is 1.96 bits per heavy atom. The lowest BCUT2D eigenvalue weighted by Crippen LogP contribution is -2.46. The van der Waals surface area contributed by atoms with Gasteiger partial charge in [-0.2, -0.15) is 0 Å². The third-order valence-corrected chi connectivity index (χ3v) is 4.26. The summed E-state index contributed by atoms with van der Waals surface area (Å²) in [7, 11) is 1.25. The fourth-order valence-electron chi connectivity index (χ4n) is 2.51. The Morgan fingerprint density at radius 3 is 2.61 bits per heavy atom. The van der Waals surface area contributed by atoms with Gasteiger partial charge < -0.3 is 20.4 Å². The summed E-state index contributed by atoms with van der Waals surface area (Å²) in [5.41, 5.74) is 0.259. The number of nitrogens with zero attached hydrogens (tertiary/aromatic N) is 1. The van der Waals surface area contributed by atoms with Gasteiger partial charge in [0.15, 0.2) is 0 Å². The molecule has 8 heteroatoms. The number of piperazine rings is 1. The van der Waals surface area contributed by atoms with E-state index in [9.17, 15) is 14.0 Å². The minimum atomic E-state index is -0.642. The van der Waals surface area contributed by atoms with Gasteiger partial charge in [-0.25, -0.2) is 9.18 Å². The van der Waals surface area contributed by atoms with Crippen molar-refractivity contribution in [2.45, 2.75) is 0 Å². The van der Waals surface area contributed by atoms with Crippen LogP contribution in [0.4, 0.5) is 4.39 Å². The molecule has 1 fully saturated rings. The number of amides is 1. The molecule has 0 atom stereocenters. The molecule has 6 nitrogen and oxygen atoms in total. The number of rotatable bonds is 6. The van der Waals surface area contributed by atoms with Crippen molar-refractivity contribution in [1.82, 2.24) is 10.2 Å². The summed E-state index contributed by atoms with van der Waals surface area (Å²) in [5.74, 6) is -1.40. The number of benzene rings is 1. The first-order valence-electron chi connectivity index (χ1n) is 8.60. The quantitative estimate of drug-likeness (QED) is 0.330. The number of nitrogens with one attached hydrogen (secondary N) is 2. The van der Waals surface area contributed by atoms with Crippen LogP contribution in [0.15, 0.2) is 53.6 Å². The van der Waals surface area contributed by atoms with E-state index < -0.39 is 11.8 Å². The van der Waals surface area contributed by atoms with Gasteiger partial charge in [-0.05, 0) is 36.4 Å². The molecule has 1 aromatic carbocycles. The summed E-state index contributed by atoms with van der Waals surface area (Å²) < 4.78 is 18.8. The summed E-state index contributed by atoms with van der Waals surface area (Å²) >= 11 is 5.90. The first kappa shape index (κ1) is 21.5. The topological polar surface area (TPSA) is 82.5 Å². The lowest BCUT2D eigenvalue weighted by atomic mass is 10.1. The molecule has 0 aliphatic carbocycles. The van der Waals surface area contributed by atoms with Gasteiger partial charge in [0.1, 0.15) is 5.82 Å². The second-order valence-electron chi connectivity index (χ2n) is 5.92. The molecule has 1 heterocycles. The summed E-state index contributed by atoms with van der Waals surface area (Å²) in [6.07, 6.45) is 6.79. The maximum Gasteiger partial charge on any atom is 0.330 e. The van der Waals surface area contributed by atoms with Crippen LogP contribution >= 0.6 is 11.6 Å². The summed E-state index contributed by atoms with van der Waals surface area (Å²) in [5, 5.41) is 11.4. The number of halogens is 2. The molecular weight excluding hydrogens is 385 g/mol. The molecule has 2 N–H and O–H groups in total. The molecular formula is C20H21ClFN3O3.